The van der Waals surface area contributed by atoms with Gasteiger partial charge in [0.25, 0.3) is 0 Å². The van der Waals surface area contributed by atoms with Crippen LogP contribution in [0.2, 0.25) is 0 Å². The molecule has 4 amide bonds. The molecule has 1 atom stereocenters. The average Bonchev–Trinajstić information content (AvgIpc) is 2.92. The van der Waals surface area contributed by atoms with Gasteiger partial charge >= 0.3 is 12.1 Å². The molecular formula is C32H40N4O4. The Morgan fingerprint density at radius 1 is 0.775 bits per heavy atom. The molecule has 8 heteroatoms. The van der Waals surface area contributed by atoms with E-state index in [-0.39, 0.29) is 24.4 Å². The van der Waals surface area contributed by atoms with Gasteiger partial charge in [-0.3, -0.25) is 4.79 Å². The predicted octanol–water partition coefficient (Wildman–Crippen LogP) is 5.90. The van der Waals surface area contributed by atoms with E-state index in [1.807, 2.05) is 84.9 Å². The fourth-order valence-electron chi connectivity index (χ4n) is 4.07. The lowest BCUT2D eigenvalue weighted by molar-refractivity contribution is -0.121. The number of hydrogen-bond acceptors (Lipinski definition) is 4. The predicted molar refractivity (Wildman–Crippen MR) is 159 cm³/mol. The quantitative estimate of drug-likeness (QED) is 0.213. The zero-order chi connectivity index (χ0) is 28.8. The van der Waals surface area contributed by atoms with Crippen molar-refractivity contribution in [3.8, 4) is 11.1 Å². The molecule has 0 aliphatic rings. The zero-order valence-electron chi connectivity index (χ0n) is 23.5. The van der Waals surface area contributed by atoms with Gasteiger partial charge in [-0.1, -0.05) is 72.8 Å². The third-order valence-electron chi connectivity index (χ3n) is 5.97. The highest BCUT2D eigenvalue weighted by Gasteiger charge is 2.17. The van der Waals surface area contributed by atoms with E-state index < -0.39 is 11.7 Å². The number of urea groups is 1. The highest BCUT2D eigenvalue weighted by molar-refractivity contribution is 5.89. The van der Waals surface area contributed by atoms with Crippen LogP contribution < -0.4 is 21.3 Å². The van der Waals surface area contributed by atoms with Crippen LogP contribution >= 0.6 is 0 Å². The molecule has 0 aromatic heterocycles. The monoisotopic (exact) mass is 544 g/mol. The highest BCUT2D eigenvalue weighted by Crippen LogP contribution is 2.21. The molecule has 0 spiro atoms. The van der Waals surface area contributed by atoms with Crippen LogP contribution in [0.4, 0.5) is 15.3 Å². The molecule has 0 radical (unpaired) electrons. The van der Waals surface area contributed by atoms with Gasteiger partial charge in [0.15, 0.2) is 0 Å². The van der Waals surface area contributed by atoms with E-state index in [0.29, 0.717) is 38.0 Å². The van der Waals surface area contributed by atoms with E-state index in [0.717, 1.165) is 16.7 Å². The lowest BCUT2D eigenvalue weighted by Gasteiger charge is -2.20. The van der Waals surface area contributed by atoms with Crippen LogP contribution in [-0.2, 0) is 16.0 Å². The van der Waals surface area contributed by atoms with Gasteiger partial charge in [0, 0.05) is 31.2 Å². The first-order valence-corrected chi connectivity index (χ1v) is 13.7. The normalized spacial score (nSPS) is 11.7. The molecule has 0 bridgehead atoms. The Bertz CT molecular complexity index is 1210. The lowest BCUT2D eigenvalue weighted by atomic mass is 10.0. The van der Waals surface area contributed by atoms with Gasteiger partial charge in [-0.2, -0.15) is 0 Å². The minimum Gasteiger partial charge on any atom is -0.444 e. The zero-order valence-corrected chi connectivity index (χ0v) is 23.5. The summed E-state index contributed by atoms with van der Waals surface area (Å²) in [7, 11) is 0. The van der Waals surface area contributed by atoms with Gasteiger partial charge in [0.1, 0.15) is 5.60 Å². The number of ether oxygens (including phenoxy) is 1. The number of anilines is 1. The summed E-state index contributed by atoms with van der Waals surface area (Å²) < 4.78 is 5.19. The van der Waals surface area contributed by atoms with Gasteiger partial charge in [0.2, 0.25) is 5.91 Å². The van der Waals surface area contributed by atoms with Gasteiger partial charge in [-0.25, -0.2) is 9.59 Å². The smallest absolute Gasteiger partial charge is 0.407 e. The maximum atomic E-state index is 12.8. The van der Waals surface area contributed by atoms with Crippen LogP contribution in [0.3, 0.4) is 0 Å². The summed E-state index contributed by atoms with van der Waals surface area (Å²) in [6.45, 7) is 6.25. The van der Waals surface area contributed by atoms with Crippen molar-refractivity contribution in [1.29, 1.82) is 0 Å². The highest BCUT2D eigenvalue weighted by atomic mass is 16.6. The summed E-state index contributed by atoms with van der Waals surface area (Å²) in [5.41, 5.74) is 3.40. The maximum absolute atomic E-state index is 12.8. The third kappa shape index (κ3) is 11.6. The molecule has 212 valence electrons. The summed E-state index contributed by atoms with van der Waals surface area (Å²) in [4.78, 5) is 37.0. The van der Waals surface area contributed by atoms with E-state index in [4.69, 9.17) is 4.74 Å². The van der Waals surface area contributed by atoms with Crippen LogP contribution in [0.25, 0.3) is 11.1 Å². The number of carbonyl (C=O) groups is 3. The van der Waals surface area contributed by atoms with Gasteiger partial charge in [0.05, 0.1) is 0 Å². The number of carbonyl (C=O) groups excluding carboxylic acids is 3. The van der Waals surface area contributed by atoms with Crippen LogP contribution in [0.5, 0.6) is 0 Å². The van der Waals surface area contributed by atoms with E-state index >= 15 is 0 Å². The Hall–Kier alpha value is -4.33. The fourth-order valence-corrected chi connectivity index (χ4v) is 4.07. The molecular weight excluding hydrogens is 504 g/mol. The molecule has 0 saturated heterocycles. The van der Waals surface area contributed by atoms with Crippen molar-refractivity contribution in [2.75, 3.05) is 18.4 Å². The first kappa shape index (κ1) is 30.2. The van der Waals surface area contributed by atoms with Crippen molar-refractivity contribution in [1.82, 2.24) is 16.0 Å². The molecule has 0 saturated carbocycles. The number of hydrogen-bond donors (Lipinski definition) is 4. The number of alkyl carbamates (subject to hydrolysis) is 1. The number of benzene rings is 3. The van der Waals surface area contributed by atoms with Crippen molar-refractivity contribution < 1.29 is 19.1 Å². The van der Waals surface area contributed by atoms with Gasteiger partial charge in [-0.15, -0.1) is 0 Å². The third-order valence-corrected chi connectivity index (χ3v) is 5.97. The van der Waals surface area contributed by atoms with E-state index in [9.17, 15) is 14.4 Å². The van der Waals surface area contributed by atoms with Crippen molar-refractivity contribution in [3.05, 3.63) is 90.5 Å². The van der Waals surface area contributed by atoms with Crippen molar-refractivity contribution in [2.45, 2.75) is 58.1 Å². The summed E-state index contributed by atoms with van der Waals surface area (Å²) in [5, 5.41) is 11.5. The molecule has 4 N–H and O–H groups in total. The van der Waals surface area contributed by atoms with Crippen molar-refractivity contribution in [2.24, 2.45) is 0 Å². The SMILES string of the molecule is CC(C)(C)OC(=O)NCCCNC(=O)CCC(Cc1ccccc1)NC(=O)Nc1ccc(-c2ccccc2)cc1. The molecule has 0 aliphatic carbocycles. The van der Waals surface area contributed by atoms with Crippen molar-refractivity contribution in [3.63, 3.8) is 0 Å². The second kappa shape index (κ2) is 15.3. The van der Waals surface area contributed by atoms with Crippen LogP contribution in [-0.4, -0.2) is 42.8 Å². The Balaban J connectivity index is 1.46. The van der Waals surface area contributed by atoms with Crippen LogP contribution in [0, 0.1) is 0 Å². The second-order valence-electron chi connectivity index (χ2n) is 10.6. The minimum atomic E-state index is -0.549. The summed E-state index contributed by atoms with van der Waals surface area (Å²) in [6.07, 6.45) is 1.47. The summed E-state index contributed by atoms with van der Waals surface area (Å²) in [6, 6.07) is 27.1. The molecule has 3 rings (SSSR count). The molecule has 8 nitrogen and oxygen atoms in total. The first-order valence-electron chi connectivity index (χ1n) is 13.7. The molecule has 1 unspecified atom stereocenters. The van der Waals surface area contributed by atoms with E-state index in [2.05, 4.69) is 21.3 Å². The second-order valence-corrected chi connectivity index (χ2v) is 10.6. The number of rotatable bonds is 12. The van der Waals surface area contributed by atoms with Crippen LogP contribution in [0.15, 0.2) is 84.9 Å². The van der Waals surface area contributed by atoms with E-state index in [1.165, 1.54) is 0 Å². The molecule has 3 aromatic carbocycles. The Morgan fingerprint density at radius 2 is 1.38 bits per heavy atom. The Labute approximate surface area is 236 Å². The van der Waals surface area contributed by atoms with Crippen molar-refractivity contribution >= 4 is 23.7 Å². The molecule has 3 aromatic rings. The van der Waals surface area contributed by atoms with Gasteiger partial charge in [-0.05, 0) is 68.9 Å². The van der Waals surface area contributed by atoms with Crippen LogP contribution in [0.1, 0.15) is 45.6 Å². The summed E-state index contributed by atoms with van der Waals surface area (Å²) in [5.74, 6) is -0.103. The Morgan fingerprint density at radius 3 is 2.02 bits per heavy atom. The standard InChI is InChI=1S/C32H40N4O4/c1-32(2,3)40-31(39)34-22-10-21-33-29(37)20-19-28(23-24-11-6-4-7-12-24)36-30(38)35-27-17-15-26(16-18-27)25-13-8-5-9-14-25/h4-9,11-18,28H,10,19-23H2,1-3H3,(H,33,37)(H,34,39)(H2,35,36,38). The average molecular weight is 545 g/mol. The first-order chi connectivity index (χ1) is 19.2. The van der Waals surface area contributed by atoms with Gasteiger partial charge < -0.3 is 26.0 Å². The fraction of sp³-hybridized carbons (Fsp3) is 0.344. The lowest BCUT2D eigenvalue weighted by Crippen LogP contribution is -2.40. The molecule has 0 aliphatic heterocycles. The van der Waals surface area contributed by atoms with E-state index in [1.54, 1.807) is 20.8 Å². The largest absolute Gasteiger partial charge is 0.444 e. The molecule has 40 heavy (non-hydrogen) atoms. The molecule has 0 fully saturated rings. The molecule has 0 heterocycles. The Kier molecular flexibility index (Phi) is 11.6. The topological polar surface area (TPSA) is 109 Å². The minimum absolute atomic E-state index is 0.103. The maximum Gasteiger partial charge on any atom is 0.407 e. The number of amides is 4. The summed E-state index contributed by atoms with van der Waals surface area (Å²) >= 11 is 0. The number of nitrogens with one attached hydrogen (secondary N) is 4.